The van der Waals surface area contributed by atoms with Gasteiger partial charge in [0.1, 0.15) is 83.7 Å². The van der Waals surface area contributed by atoms with Gasteiger partial charge in [0, 0.05) is 23.8 Å². The normalized spacial score (nSPS) is 27.9. The van der Waals surface area contributed by atoms with Gasteiger partial charge >= 0.3 is 5.97 Å². The standard InChI is InChI=1S/C37H38O19/c1-50-21-10-16(5-8-19(21)40)34-35(29(45)26-20(41)11-18(12-22(26)53-34)52-36-32(48)30(46)27(43)23(13-38)54-36)56-37-33(49)31(47)28(44)24(55-37)14-51-25(42)9-4-15-2-6-17(39)7-3-15/h2-12,23-24,27-28,30-33,36-41,43-44,46-49H,13-14H2,1H3/b9-4+/t23-,24-,27-,28-,30+,31+,32-,33-,36-,37+/m1/s1. The largest absolute Gasteiger partial charge is 0.508 e. The van der Waals surface area contributed by atoms with Crippen LogP contribution in [0, 0.1) is 0 Å². The summed E-state index contributed by atoms with van der Waals surface area (Å²) in [5, 5.41) is 103. The summed E-state index contributed by atoms with van der Waals surface area (Å²) >= 11 is 0. The predicted molar refractivity (Wildman–Crippen MR) is 188 cm³/mol. The van der Waals surface area contributed by atoms with E-state index >= 15 is 0 Å². The fraction of sp³-hybridized carbons (Fsp3) is 0.351. The first-order chi connectivity index (χ1) is 26.7. The van der Waals surface area contributed by atoms with Gasteiger partial charge in [0.2, 0.25) is 23.8 Å². The van der Waals surface area contributed by atoms with Crippen molar-refractivity contribution in [2.75, 3.05) is 20.3 Å². The number of hydrogen-bond donors (Lipinski definition) is 10. The van der Waals surface area contributed by atoms with Crippen LogP contribution in [0.1, 0.15) is 5.56 Å². The Morgan fingerprint density at radius 3 is 2.07 bits per heavy atom. The van der Waals surface area contributed by atoms with Crippen molar-refractivity contribution in [1.29, 1.82) is 0 Å². The number of phenolic OH excluding ortho intramolecular Hbond substituents is 3. The van der Waals surface area contributed by atoms with Gasteiger partial charge in [0.15, 0.2) is 17.3 Å². The van der Waals surface area contributed by atoms with E-state index in [2.05, 4.69) is 0 Å². The van der Waals surface area contributed by atoms with Crippen LogP contribution in [0.5, 0.6) is 34.5 Å². The highest BCUT2D eigenvalue weighted by Gasteiger charge is 2.47. The smallest absolute Gasteiger partial charge is 0.330 e. The van der Waals surface area contributed by atoms with Gasteiger partial charge in [-0.05, 0) is 42.0 Å². The minimum Gasteiger partial charge on any atom is -0.508 e. The average molecular weight is 787 g/mol. The topological polar surface area (TPSA) is 305 Å². The van der Waals surface area contributed by atoms with Crippen LogP contribution in [0.2, 0.25) is 0 Å². The summed E-state index contributed by atoms with van der Waals surface area (Å²) in [6, 6.07) is 11.7. The van der Waals surface area contributed by atoms with Gasteiger partial charge in [0.25, 0.3) is 0 Å². The van der Waals surface area contributed by atoms with Crippen LogP contribution in [0.4, 0.5) is 0 Å². The van der Waals surface area contributed by atoms with Gasteiger partial charge in [-0.15, -0.1) is 0 Å². The summed E-state index contributed by atoms with van der Waals surface area (Å²) in [6.45, 7) is -1.40. The van der Waals surface area contributed by atoms with E-state index in [9.17, 15) is 60.7 Å². The molecule has 1 aromatic heterocycles. The van der Waals surface area contributed by atoms with Gasteiger partial charge in [0.05, 0.1) is 13.7 Å². The lowest BCUT2D eigenvalue weighted by Gasteiger charge is -2.39. The molecule has 2 saturated heterocycles. The molecule has 0 radical (unpaired) electrons. The molecule has 56 heavy (non-hydrogen) atoms. The van der Waals surface area contributed by atoms with Crippen LogP contribution in [-0.2, 0) is 19.0 Å². The molecule has 0 saturated carbocycles. The molecule has 3 aromatic carbocycles. The lowest BCUT2D eigenvalue weighted by Crippen LogP contribution is -2.60. The number of carbonyl (C=O) groups excluding carboxylic acids is 1. The van der Waals surface area contributed by atoms with Crippen molar-refractivity contribution in [3.05, 3.63) is 76.5 Å². The Labute approximate surface area is 315 Å². The third-order valence-electron chi connectivity index (χ3n) is 9.05. The van der Waals surface area contributed by atoms with E-state index in [4.69, 9.17) is 32.8 Å². The minimum atomic E-state index is -2.01. The molecule has 2 fully saturated rings. The summed E-state index contributed by atoms with van der Waals surface area (Å²) in [5.74, 6) is -3.37. The monoisotopic (exact) mass is 786 g/mol. The second kappa shape index (κ2) is 16.7. The van der Waals surface area contributed by atoms with E-state index in [-0.39, 0.29) is 34.1 Å². The van der Waals surface area contributed by atoms with E-state index in [1.807, 2.05) is 0 Å². The number of fused-ring (bicyclic) bond motifs is 1. The quantitative estimate of drug-likeness (QED) is 0.0658. The maximum absolute atomic E-state index is 14.1. The first kappa shape index (κ1) is 40.2. The molecule has 300 valence electrons. The number of aliphatic hydroxyl groups excluding tert-OH is 7. The fourth-order valence-electron chi connectivity index (χ4n) is 5.97. The zero-order valence-corrected chi connectivity index (χ0v) is 29.2. The molecule has 2 aliphatic heterocycles. The third-order valence-corrected chi connectivity index (χ3v) is 9.05. The fourth-order valence-corrected chi connectivity index (χ4v) is 5.97. The predicted octanol–water partition coefficient (Wildman–Crippen LogP) is -0.793. The third kappa shape index (κ3) is 8.21. The van der Waals surface area contributed by atoms with E-state index in [1.165, 1.54) is 55.7 Å². The van der Waals surface area contributed by atoms with Crippen LogP contribution in [0.3, 0.4) is 0 Å². The van der Waals surface area contributed by atoms with Crippen molar-refractivity contribution < 1.29 is 88.7 Å². The van der Waals surface area contributed by atoms with E-state index in [0.717, 1.165) is 18.2 Å². The van der Waals surface area contributed by atoms with Crippen LogP contribution < -0.4 is 19.6 Å². The number of carbonyl (C=O) groups is 1. The first-order valence-electron chi connectivity index (χ1n) is 16.9. The second-order valence-corrected chi connectivity index (χ2v) is 12.8. The zero-order chi connectivity index (χ0) is 40.4. The van der Waals surface area contributed by atoms with Gasteiger partial charge in [-0.25, -0.2) is 4.79 Å². The summed E-state index contributed by atoms with van der Waals surface area (Å²) in [5.41, 5.74) is -0.829. The summed E-state index contributed by atoms with van der Waals surface area (Å²) in [4.78, 5) is 26.6. The molecular formula is C37H38O19. The van der Waals surface area contributed by atoms with Crippen molar-refractivity contribution in [2.24, 2.45) is 0 Å². The number of phenols is 3. The van der Waals surface area contributed by atoms with Crippen molar-refractivity contribution in [2.45, 2.75) is 61.4 Å². The maximum Gasteiger partial charge on any atom is 0.330 e. The van der Waals surface area contributed by atoms with Gasteiger partial charge in [-0.1, -0.05) is 12.1 Å². The van der Waals surface area contributed by atoms with Gasteiger partial charge < -0.3 is 83.9 Å². The van der Waals surface area contributed by atoms with Crippen molar-refractivity contribution in [3.63, 3.8) is 0 Å². The Morgan fingerprint density at radius 1 is 0.768 bits per heavy atom. The number of aliphatic hydroxyl groups is 7. The number of hydrogen-bond acceptors (Lipinski definition) is 19. The van der Waals surface area contributed by atoms with Crippen LogP contribution in [0.25, 0.3) is 28.4 Å². The van der Waals surface area contributed by atoms with Crippen molar-refractivity contribution in [1.82, 2.24) is 0 Å². The first-order valence-corrected chi connectivity index (χ1v) is 16.9. The van der Waals surface area contributed by atoms with Crippen molar-refractivity contribution in [3.8, 4) is 45.8 Å². The highest BCUT2D eigenvalue weighted by atomic mass is 16.7. The Hall–Kier alpha value is -5.48. The molecule has 0 aliphatic carbocycles. The van der Waals surface area contributed by atoms with E-state index in [0.29, 0.717) is 5.56 Å². The van der Waals surface area contributed by atoms with E-state index in [1.54, 1.807) is 0 Å². The molecule has 10 N–H and O–H groups in total. The Bertz CT molecular complexity index is 2110. The second-order valence-electron chi connectivity index (χ2n) is 12.8. The van der Waals surface area contributed by atoms with Gasteiger partial charge in [-0.3, -0.25) is 4.79 Å². The summed E-state index contributed by atoms with van der Waals surface area (Å²) in [7, 11) is 1.25. The summed E-state index contributed by atoms with van der Waals surface area (Å²) in [6.07, 6.45) is -15.0. The van der Waals surface area contributed by atoms with Crippen LogP contribution in [-0.4, -0.2) is 139 Å². The maximum atomic E-state index is 14.1. The van der Waals surface area contributed by atoms with E-state index < -0.39 is 109 Å². The molecule has 10 atom stereocenters. The molecule has 0 amide bonds. The molecule has 4 aromatic rings. The summed E-state index contributed by atoms with van der Waals surface area (Å²) < 4.78 is 38.9. The SMILES string of the molecule is COc1cc(-c2oc3cc(O[C@@H]4O[C@H](CO)[C@@H](O)[C@H](O)[C@H]4O)cc(O)c3c(=O)c2O[C@@H]2O[C@H](COC(=O)/C=C/c3ccc(O)cc3)[C@@H](O)[C@H](O)[C@H]2O)ccc1O. The zero-order valence-electron chi connectivity index (χ0n) is 29.2. The average Bonchev–Trinajstić information content (AvgIpc) is 3.18. The molecule has 0 spiro atoms. The highest BCUT2D eigenvalue weighted by molar-refractivity contribution is 5.89. The molecule has 19 heteroatoms. The highest BCUT2D eigenvalue weighted by Crippen LogP contribution is 2.40. The molecular weight excluding hydrogens is 748 g/mol. The lowest BCUT2D eigenvalue weighted by atomic mass is 9.99. The minimum absolute atomic E-state index is 0.0210. The van der Waals surface area contributed by atoms with Gasteiger partial charge in [-0.2, -0.15) is 0 Å². The molecule has 3 heterocycles. The molecule has 0 unspecified atom stereocenters. The molecule has 0 bridgehead atoms. The number of aromatic hydroxyl groups is 3. The molecule has 6 rings (SSSR count). The number of ether oxygens (including phenoxy) is 6. The Balaban J connectivity index is 1.32. The number of benzene rings is 3. The van der Waals surface area contributed by atoms with Crippen LogP contribution >= 0.6 is 0 Å². The Kier molecular flexibility index (Phi) is 12.0. The van der Waals surface area contributed by atoms with Crippen LogP contribution in [0.15, 0.2) is 69.9 Å². The molecule has 19 nitrogen and oxygen atoms in total. The molecule has 2 aliphatic rings. The Morgan fingerprint density at radius 2 is 1.41 bits per heavy atom. The number of methoxy groups -OCH3 is 1. The van der Waals surface area contributed by atoms with Crippen molar-refractivity contribution >= 4 is 23.0 Å². The lowest BCUT2D eigenvalue weighted by molar-refractivity contribution is -0.278. The number of rotatable bonds is 11. The number of esters is 1.